The molecule has 1 N–H and O–H groups in total. The topological polar surface area (TPSA) is 79.0 Å². The van der Waals surface area contributed by atoms with E-state index in [9.17, 15) is 14.4 Å². The van der Waals surface area contributed by atoms with E-state index >= 15 is 0 Å². The minimum Gasteiger partial charge on any atom is -0.484 e. The summed E-state index contributed by atoms with van der Waals surface area (Å²) in [6.07, 6.45) is 2.66. The minimum atomic E-state index is -0.262. The van der Waals surface area contributed by atoms with E-state index in [1.54, 1.807) is 9.80 Å². The highest BCUT2D eigenvalue weighted by Crippen LogP contribution is 2.29. The van der Waals surface area contributed by atoms with Gasteiger partial charge in [-0.15, -0.1) is 0 Å². The van der Waals surface area contributed by atoms with Crippen molar-refractivity contribution >= 4 is 17.7 Å². The third-order valence-corrected chi connectivity index (χ3v) is 5.55. The van der Waals surface area contributed by atoms with Crippen molar-refractivity contribution in [2.24, 2.45) is 11.8 Å². The molecule has 1 aliphatic carbocycles. The second-order valence-corrected chi connectivity index (χ2v) is 7.69. The predicted molar refractivity (Wildman–Crippen MR) is 97.9 cm³/mol. The molecule has 1 saturated carbocycles. The molecule has 3 aliphatic rings. The average Bonchev–Trinajstić information content (AvgIpc) is 3.39. The highest BCUT2D eigenvalue weighted by atomic mass is 16.5. The van der Waals surface area contributed by atoms with Crippen molar-refractivity contribution in [2.75, 3.05) is 32.8 Å². The van der Waals surface area contributed by atoms with E-state index in [-0.39, 0.29) is 42.7 Å². The number of carbonyl (C=O) groups is 3. The van der Waals surface area contributed by atoms with Crippen LogP contribution in [0.15, 0.2) is 30.3 Å². The maximum Gasteiger partial charge on any atom is 0.260 e. The SMILES string of the molecule is O=C(NCC1CC1)C1CC(=O)N(C2CN(C(=O)COc3ccccc3)C2)C1. The van der Waals surface area contributed by atoms with Crippen LogP contribution in [0.4, 0.5) is 0 Å². The maximum absolute atomic E-state index is 12.3. The molecular formula is C20H25N3O4. The van der Waals surface area contributed by atoms with Crippen LogP contribution in [-0.2, 0) is 14.4 Å². The first-order valence-electron chi connectivity index (χ1n) is 9.63. The smallest absolute Gasteiger partial charge is 0.260 e. The van der Waals surface area contributed by atoms with Crippen molar-refractivity contribution in [1.82, 2.24) is 15.1 Å². The normalized spacial score (nSPS) is 22.5. The van der Waals surface area contributed by atoms with E-state index in [0.717, 1.165) is 6.54 Å². The zero-order chi connectivity index (χ0) is 18.8. The lowest BCUT2D eigenvalue weighted by Crippen LogP contribution is -2.62. The van der Waals surface area contributed by atoms with E-state index in [1.165, 1.54) is 12.8 Å². The lowest BCUT2D eigenvalue weighted by atomic mass is 10.1. The molecule has 3 amide bonds. The monoisotopic (exact) mass is 371 g/mol. The molecule has 0 bridgehead atoms. The molecule has 1 atom stereocenters. The highest BCUT2D eigenvalue weighted by molar-refractivity contribution is 5.89. The van der Waals surface area contributed by atoms with Crippen LogP contribution in [0.3, 0.4) is 0 Å². The fourth-order valence-corrected chi connectivity index (χ4v) is 3.58. The van der Waals surface area contributed by atoms with E-state index in [1.807, 2.05) is 30.3 Å². The van der Waals surface area contributed by atoms with Gasteiger partial charge in [-0.3, -0.25) is 14.4 Å². The van der Waals surface area contributed by atoms with E-state index in [4.69, 9.17) is 4.74 Å². The summed E-state index contributed by atoms with van der Waals surface area (Å²) in [6.45, 7) is 2.22. The van der Waals surface area contributed by atoms with Crippen LogP contribution in [-0.4, -0.2) is 66.3 Å². The van der Waals surface area contributed by atoms with Crippen molar-refractivity contribution in [2.45, 2.75) is 25.3 Å². The molecule has 1 aromatic rings. The van der Waals surface area contributed by atoms with Crippen molar-refractivity contribution in [1.29, 1.82) is 0 Å². The first kappa shape index (κ1) is 17.8. The highest BCUT2D eigenvalue weighted by Gasteiger charge is 2.43. The molecule has 2 aliphatic heterocycles. The van der Waals surface area contributed by atoms with Crippen molar-refractivity contribution in [3.63, 3.8) is 0 Å². The minimum absolute atomic E-state index is 0.00310. The van der Waals surface area contributed by atoms with E-state index in [2.05, 4.69) is 5.32 Å². The number of benzene rings is 1. The average molecular weight is 371 g/mol. The van der Waals surface area contributed by atoms with Crippen molar-refractivity contribution in [3.05, 3.63) is 30.3 Å². The van der Waals surface area contributed by atoms with Crippen molar-refractivity contribution < 1.29 is 19.1 Å². The molecule has 7 nitrogen and oxygen atoms in total. The van der Waals surface area contributed by atoms with Gasteiger partial charge in [0, 0.05) is 32.6 Å². The number of hydrogen-bond donors (Lipinski definition) is 1. The van der Waals surface area contributed by atoms with E-state index in [0.29, 0.717) is 31.3 Å². The first-order valence-corrected chi connectivity index (χ1v) is 9.63. The summed E-state index contributed by atoms with van der Waals surface area (Å²) in [7, 11) is 0. The number of amides is 3. The van der Waals surface area contributed by atoms with Crippen LogP contribution in [0, 0.1) is 11.8 Å². The summed E-state index contributed by atoms with van der Waals surface area (Å²) in [5.74, 6) is 0.951. The third-order valence-electron chi connectivity index (χ3n) is 5.55. The quantitative estimate of drug-likeness (QED) is 0.763. The zero-order valence-corrected chi connectivity index (χ0v) is 15.3. The van der Waals surface area contributed by atoms with Gasteiger partial charge in [0.1, 0.15) is 5.75 Å². The summed E-state index contributed by atoms with van der Waals surface area (Å²) in [5.41, 5.74) is 0. The Bertz CT molecular complexity index is 713. The fraction of sp³-hybridized carbons (Fsp3) is 0.550. The molecule has 7 heteroatoms. The van der Waals surface area contributed by atoms with Crippen LogP contribution in [0.2, 0.25) is 0 Å². The Morgan fingerprint density at radius 3 is 2.56 bits per heavy atom. The van der Waals surface area contributed by atoms with Gasteiger partial charge >= 0.3 is 0 Å². The first-order chi connectivity index (χ1) is 13.1. The van der Waals surface area contributed by atoms with Crippen LogP contribution in [0.5, 0.6) is 5.75 Å². The molecule has 0 radical (unpaired) electrons. The summed E-state index contributed by atoms with van der Waals surface area (Å²) >= 11 is 0. The zero-order valence-electron chi connectivity index (χ0n) is 15.3. The molecule has 3 fully saturated rings. The Labute approximate surface area is 158 Å². The molecule has 144 valence electrons. The number of nitrogens with one attached hydrogen (secondary N) is 1. The molecule has 0 spiro atoms. The number of ether oxygens (including phenoxy) is 1. The molecule has 2 heterocycles. The summed E-state index contributed by atoms with van der Waals surface area (Å²) < 4.78 is 5.48. The Balaban J connectivity index is 1.20. The lowest BCUT2D eigenvalue weighted by Gasteiger charge is -2.43. The van der Waals surface area contributed by atoms with Gasteiger partial charge in [0.05, 0.1) is 12.0 Å². The number of para-hydroxylation sites is 1. The van der Waals surface area contributed by atoms with Gasteiger partial charge in [0.2, 0.25) is 11.8 Å². The van der Waals surface area contributed by atoms with E-state index < -0.39 is 0 Å². The maximum atomic E-state index is 12.3. The second kappa shape index (κ2) is 7.58. The summed E-state index contributed by atoms with van der Waals surface area (Å²) in [5, 5.41) is 2.96. The van der Waals surface area contributed by atoms with Gasteiger partial charge < -0.3 is 19.9 Å². The second-order valence-electron chi connectivity index (χ2n) is 7.69. The summed E-state index contributed by atoms with van der Waals surface area (Å²) in [6, 6.07) is 9.24. The van der Waals surface area contributed by atoms with Gasteiger partial charge in [-0.1, -0.05) is 18.2 Å². The Morgan fingerprint density at radius 1 is 1.11 bits per heavy atom. The van der Waals surface area contributed by atoms with Gasteiger partial charge in [-0.2, -0.15) is 0 Å². The number of likely N-dealkylation sites (tertiary alicyclic amines) is 2. The summed E-state index contributed by atoms with van der Waals surface area (Å²) in [4.78, 5) is 40.2. The molecule has 0 aromatic heterocycles. The molecule has 4 rings (SSSR count). The number of hydrogen-bond acceptors (Lipinski definition) is 4. The van der Waals surface area contributed by atoms with Gasteiger partial charge in [0.25, 0.3) is 5.91 Å². The molecule has 2 saturated heterocycles. The number of nitrogens with zero attached hydrogens (tertiary/aromatic N) is 2. The molecule has 1 unspecified atom stereocenters. The van der Waals surface area contributed by atoms with Crippen LogP contribution in [0.25, 0.3) is 0 Å². The van der Waals surface area contributed by atoms with Gasteiger partial charge in [-0.25, -0.2) is 0 Å². The molecule has 1 aromatic carbocycles. The Kier molecular flexibility index (Phi) is 5.01. The standard InChI is InChI=1S/C20H25N3O4/c24-18-8-15(20(26)21-9-14-6-7-14)10-23(18)16-11-22(12-16)19(25)13-27-17-4-2-1-3-5-17/h1-5,14-16H,6-13H2,(H,21,26). The third kappa shape index (κ3) is 4.23. The van der Waals surface area contributed by atoms with Crippen molar-refractivity contribution in [3.8, 4) is 5.75 Å². The fourth-order valence-electron chi connectivity index (χ4n) is 3.58. The molecule has 27 heavy (non-hydrogen) atoms. The number of rotatable bonds is 7. The van der Waals surface area contributed by atoms with Crippen LogP contribution >= 0.6 is 0 Å². The van der Waals surface area contributed by atoms with Crippen LogP contribution < -0.4 is 10.1 Å². The van der Waals surface area contributed by atoms with Gasteiger partial charge in [0.15, 0.2) is 6.61 Å². The Hall–Kier alpha value is -2.57. The predicted octanol–water partition coefficient (Wildman–Crippen LogP) is 0.651. The molecular weight excluding hydrogens is 346 g/mol. The van der Waals surface area contributed by atoms with Crippen LogP contribution in [0.1, 0.15) is 19.3 Å². The largest absolute Gasteiger partial charge is 0.484 e. The Morgan fingerprint density at radius 2 is 1.85 bits per heavy atom. The number of carbonyl (C=O) groups excluding carboxylic acids is 3. The van der Waals surface area contributed by atoms with Gasteiger partial charge in [-0.05, 0) is 30.9 Å². The lowest BCUT2D eigenvalue weighted by molar-refractivity contribution is -0.145.